The van der Waals surface area contributed by atoms with E-state index in [-0.39, 0.29) is 11.5 Å². The summed E-state index contributed by atoms with van der Waals surface area (Å²) in [5.41, 5.74) is 2.38. The summed E-state index contributed by atoms with van der Waals surface area (Å²) in [7, 11) is 0. The van der Waals surface area contributed by atoms with Crippen molar-refractivity contribution in [1.29, 1.82) is 0 Å². The zero-order valence-corrected chi connectivity index (χ0v) is 10.5. The molecule has 92 valence electrons. The first-order chi connectivity index (χ1) is 8.24. The molecule has 0 amide bonds. The number of aliphatic hydroxyl groups excluding tert-OH is 1. The maximum atomic E-state index is 10.4. The van der Waals surface area contributed by atoms with Crippen LogP contribution < -0.4 is 0 Å². The van der Waals surface area contributed by atoms with Crippen LogP contribution in [-0.4, -0.2) is 24.4 Å². The second kappa shape index (κ2) is 4.27. The molecular weight excluding hydrogens is 236 g/mol. The summed E-state index contributed by atoms with van der Waals surface area (Å²) in [6, 6.07) is 6.08. The molecule has 2 nitrogen and oxygen atoms in total. The van der Waals surface area contributed by atoms with Crippen LogP contribution in [0.15, 0.2) is 18.2 Å². The van der Waals surface area contributed by atoms with Crippen molar-refractivity contribution in [2.24, 2.45) is 0 Å². The molecule has 1 unspecified atom stereocenters. The lowest BCUT2D eigenvalue weighted by Crippen LogP contribution is -2.47. The summed E-state index contributed by atoms with van der Waals surface area (Å²) < 4.78 is 5.45. The summed E-state index contributed by atoms with van der Waals surface area (Å²) >= 11 is 6.28. The van der Waals surface area contributed by atoms with Gasteiger partial charge in [0.25, 0.3) is 0 Å². The smallest absolute Gasteiger partial charge is 0.0641 e. The van der Waals surface area contributed by atoms with E-state index in [4.69, 9.17) is 16.3 Å². The Morgan fingerprint density at radius 1 is 1.29 bits per heavy atom. The van der Waals surface area contributed by atoms with Crippen LogP contribution in [-0.2, 0) is 16.6 Å². The van der Waals surface area contributed by atoms with E-state index in [1.54, 1.807) is 0 Å². The van der Waals surface area contributed by atoms with E-state index < -0.39 is 0 Å². The normalized spacial score (nSPS) is 26.8. The van der Waals surface area contributed by atoms with Crippen molar-refractivity contribution in [1.82, 2.24) is 0 Å². The highest BCUT2D eigenvalue weighted by Gasteiger charge is 2.44. The molecule has 1 spiro atoms. The SMILES string of the molecule is OC1CCc2c(Cl)cccc2C12CCOCC2. The predicted molar refractivity (Wildman–Crippen MR) is 67.5 cm³/mol. The van der Waals surface area contributed by atoms with Crippen molar-refractivity contribution < 1.29 is 9.84 Å². The van der Waals surface area contributed by atoms with Gasteiger partial charge in [-0.15, -0.1) is 0 Å². The van der Waals surface area contributed by atoms with E-state index >= 15 is 0 Å². The Bertz CT molecular complexity index is 424. The number of rotatable bonds is 0. The molecule has 1 fully saturated rings. The van der Waals surface area contributed by atoms with Gasteiger partial charge in [0.05, 0.1) is 6.10 Å². The Labute approximate surface area is 107 Å². The fourth-order valence-corrected chi connectivity index (χ4v) is 3.62. The summed E-state index contributed by atoms with van der Waals surface area (Å²) in [6.45, 7) is 1.48. The van der Waals surface area contributed by atoms with Crippen LogP contribution in [0.25, 0.3) is 0 Å². The van der Waals surface area contributed by atoms with E-state index in [1.165, 1.54) is 11.1 Å². The van der Waals surface area contributed by atoms with Gasteiger partial charge in [-0.2, -0.15) is 0 Å². The molecule has 17 heavy (non-hydrogen) atoms. The number of hydrogen-bond acceptors (Lipinski definition) is 2. The van der Waals surface area contributed by atoms with Gasteiger partial charge < -0.3 is 9.84 Å². The molecular formula is C14H17ClO2. The molecule has 1 saturated heterocycles. The highest BCUT2D eigenvalue weighted by Crippen LogP contribution is 2.46. The van der Waals surface area contributed by atoms with E-state index in [1.807, 2.05) is 12.1 Å². The molecule has 1 aromatic carbocycles. The predicted octanol–water partition coefficient (Wildman–Crippen LogP) is 2.70. The minimum Gasteiger partial charge on any atom is -0.392 e. The molecule has 1 aliphatic heterocycles. The van der Waals surface area contributed by atoms with Crippen molar-refractivity contribution in [3.63, 3.8) is 0 Å². The number of aliphatic hydroxyl groups is 1. The van der Waals surface area contributed by atoms with E-state index in [2.05, 4.69) is 6.07 Å². The first-order valence-electron chi connectivity index (χ1n) is 6.28. The third kappa shape index (κ3) is 1.70. The number of hydrogen-bond donors (Lipinski definition) is 1. The molecule has 1 N–H and O–H groups in total. The molecule has 0 bridgehead atoms. The summed E-state index contributed by atoms with van der Waals surface area (Å²) in [4.78, 5) is 0. The second-order valence-corrected chi connectivity index (χ2v) is 5.50. The third-order valence-corrected chi connectivity index (χ3v) is 4.70. The van der Waals surface area contributed by atoms with Crippen molar-refractivity contribution >= 4 is 11.6 Å². The molecule has 1 heterocycles. The van der Waals surface area contributed by atoms with Crippen LogP contribution >= 0.6 is 11.6 Å². The standard InChI is InChI=1S/C14H17ClO2/c15-12-3-1-2-11-10(12)4-5-13(16)14(11)6-8-17-9-7-14/h1-3,13,16H,4-9H2. The summed E-state index contributed by atoms with van der Waals surface area (Å²) in [5.74, 6) is 0. The van der Waals surface area contributed by atoms with E-state index in [9.17, 15) is 5.11 Å². The van der Waals surface area contributed by atoms with Gasteiger partial charge >= 0.3 is 0 Å². The zero-order valence-electron chi connectivity index (χ0n) is 9.79. The van der Waals surface area contributed by atoms with Gasteiger partial charge in [-0.05, 0) is 42.9 Å². The first-order valence-corrected chi connectivity index (χ1v) is 6.65. The van der Waals surface area contributed by atoms with Gasteiger partial charge in [-0.1, -0.05) is 23.7 Å². The molecule has 3 rings (SSSR count). The second-order valence-electron chi connectivity index (χ2n) is 5.09. The molecule has 1 aliphatic carbocycles. The largest absolute Gasteiger partial charge is 0.392 e. The third-order valence-electron chi connectivity index (χ3n) is 4.35. The van der Waals surface area contributed by atoms with Crippen LogP contribution in [0.5, 0.6) is 0 Å². The Kier molecular flexibility index (Phi) is 2.89. The quantitative estimate of drug-likeness (QED) is 0.769. The van der Waals surface area contributed by atoms with Gasteiger partial charge in [0, 0.05) is 23.7 Å². The lowest BCUT2D eigenvalue weighted by molar-refractivity contribution is -0.0237. The van der Waals surface area contributed by atoms with Gasteiger partial charge in [0.1, 0.15) is 0 Å². The molecule has 0 aromatic heterocycles. The van der Waals surface area contributed by atoms with Crippen LogP contribution in [0.3, 0.4) is 0 Å². The van der Waals surface area contributed by atoms with Gasteiger partial charge in [0.15, 0.2) is 0 Å². The van der Waals surface area contributed by atoms with Crippen molar-refractivity contribution in [3.05, 3.63) is 34.3 Å². The van der Waals surface area contributed by atoms with Gasteiger partial charge in [-0.3, -0.25) is 0 Å². The lowest BCUT2D eigenvalue weighted by atomic mass is 9.64. The van der Waals surface area contributed by atoms with Gasteiger partial charge in [-0.25, -0.2) is 0 Å². The van der Waals surface area contributed by atoms with Crippen LogP contribution in [0.2, 0.25) is 5.02 Å². The lowest BCUT2D eigenvalue weighted by Gasteiger charge is -2.45. The molecule has 3 heteroatoms. The van der Waals surface area contributed by atoms with Crippen molar-refractivity contribution in [2.75, 3.05) is 13.2 Å². The number of halogens is 1. The van der Waals surface area contributed by atoms with Crippen LogP contribution in [0.4, 0.5) is 0 Å². The number of fused-ring (bicyclic) bond motifs is 2. The molecule has 1 atom stereocenters. The molecule has 2 aliphatic rings. The topological polar surface area (TPSA) is 29.5 Å². The van der Waals surface area contributed by atoms with E-state index in [0.29, 0.717) is 0 Å². The molecule has 1 aromatic rings. The van der Waals surface area contributed by atoms with Crippen LogP contribution in [0, 0.1) is 0 Å². The summed E-state index contributed by atoms with van der Waals surface area (Å²) in [6.07, 6.45) is 3.26. The molecule has 0 saturated carbocycles. The van der Waals surface area contributed by atoms with Gasteiger partial charge in [0.2, 0.25) is 0 Å². The molecule has 0 radical (unpaired) electrons. The Morgan fingerprint density at radius 3 is 2.82 bits per heavy atom. The van der Waals surface area contributed by atoms with Crippen molar-refractivity contribution in [3.8, 4) is 0 Å². The van der Waals surface area contributed by atoms with Crippen LogP contribution in [0.1, 0.15) is 30.4 Å². The fourth-order valence-electron chi connectivity index (χ4n) is 3.35. The average Bonchev–Trinajstić information content (AvgIpc) is 2.36. The Hall–Kier alpha value is -0.570. The highest BCUT2D eigenvalue weighted by molar-refractivity contribution is 6.31. The number of ether oxygens (including phenoxy) is 1. The maximum absolute atomic E-state index is 10.4. The van der Waals surface area contributed by atoms with E-state index in [0.717, 1.165) is 43.9 Å². The highest BCUT2D eigenvalue weighted by atomic mass is 35.5. The Morgan fingerprint density at radius 2 is 2.06 bits per heavy atom. The summed E-state index contributed by atoms with van der Waals surface area (Å²) in [5, 5.41) is 11.3. The minimum atomic E-state index is -0.252. The fraction of sp³-hybridized carbons (Fsp3) is 0.571. The monoisotopic (exact) mass is 252 g/mol. The first kappa shape index (κ1) is 11.5. The average molecular weight is 253 g/mol. The zero-order chi connectivity index (χ0) is 11.9. The Balaban J connectivity index is 2.12. The van der Waals surface area contributed by atoms with Crippen molar-refractivity contribution in [2.45, 2.75) is 37.2 Å². The maximum Gasteiger partial charge on any atom is 0.0641 e. The number of benzene rings is 1. The minimum absolute atomic E-state index is 0.114.